The molecule has 0 aliphatic carbocycles. The summed E-state index contributed by atoms with van der Waals surface area (Å²) in [6.45, 7) is 13.3. The number of aromatic carboxylic acids is 2. The Kier molecular flexibility index (Phi) is 20.5. The second kappa shape index (κ2) is 21.8. The van der Waals surface area contributed by atoms with Gasteiger partial charge in [-0.2, -0.15) is 0 Å². The van der Waals surface area contributed by atoms with Gasteiger partial charge in [0.05, 0.1) is 11.9 Å². The Hall–Kier alpha value is -4.82. The summed E-state index contributed by atoms with van der Waals surface area (Å²) in [4.78, 5) is 22.0. The molecule has 0 bridgehead atoms. The van der Waals surface area contributed by atoms with Crippen LogP contribution in [0.1, 0.15) is 43.0 Å². The highest BCUT2D eigenvalue weighted by atomic mass is 16.4. The van der Waals surface area contributed by atoms with Gasteiger partial charge in [-0.05, 0) is 74.2 Å². The maximum atomic E-state index is 11.0. The highest BCUT2D eigenvalue weighted by Gasteiger charge is 2.07. The molecule has 0 saturated carbocycles. The van der Waals surface area contributed by atoms with Gasteiger partial charge in [-0.15, -0.1) is 0 Å². The lowest BCUT2D eigenvalue weighted by Gasteiger charge is -2.15. The molecule has 0 aromatic heterocycles. The van der Waals surface area contributed by atoms with Crippen molar-refractivity contribution in [1.29, 1.82) is 0 Å². The molecule has 1 aliphatic rings. The van der Waals surface area contributed by atoms with E-state index in [4.69, 9.17) is 0 Å². The second-order valence-corrected chi connectivity index (χ2v) is 10.1. The maximum absolute atomic E-state index is 11.0. The van der Waals surface area contributed by atoms with Crippen LogP contribution in [-0.4, -0.2) is 60.0 Å². The lowest BCUT2D eigenvalue weighted by atomic mass is 10.1. The number of benzene rings is 4. The fraction of sp³-hybridized carbons (Fsp3) is 0.235. The van der Waals surface area contributed by atoms with Crippen molar-refractivity contribution >= 4 is 34.7 Å². The van der Waals surface area contributed by atoms with Gasteiger partial charge < -0.3 is 63.0 Å². The minimum atomic E-state index is -1.18. The molecule has 1 saturated heterocycles. The van der Waals surface area contributed by atoms with Gasteiger partial charge in [0.1, 0.15) is 26.2 Å². The standard InChI is InChI=1S/2C15H15NO2.C4H10N2.4H2O/c2*1-10-6-5-9-13(11(10)2)16-14-8-4-3-7-12(14)15(17)18;1-2-6-4-3-5-1;;;;/h2*3-9,16H,1-2H3,(H,17,18);5-6H,1-4H2;4*1H2. The van der Waals surface area contributed by atoms with Crippen LogP contribution in [-0.2, 0) is 0 Å². The van der Waals surface area contributed by atoms with Crippen molar-refractivity contribution in [2.45, 2.75) is 27.7 Å². The Balaban J connectivity index is 0. The van der Waals surface area contributed by atoms with Crippen LogP contribution in [0.3, 0.4) is 0 Å². The first-order valence-corrected chi connectivity index (χ1v) is 14.1. The van der Waals surface area contributed by atoms with Gasteiger partial charge in [-0.1, -0.05) is 60.7 Å². The van der Waals surface area contributed by atoms with Gasteiger partial charge in [-0.3, -0.25) is 0 Å². The zero-order valence-corrected chi connectivity index (χ0v) is 26.7. The summed E-state index contributed by atoms with van der Waals surface area (Å²) < 4.78 is 0. The van der Waals surface area contributed by atoms with E-state index in [1.54, 1.807) is 36.4 Å². The predicted molar refractivity (Wildman–Crippen MR) is 178 cm³/mol. The number of aryl methyl sites for hydroxylation is 2. The van der Waals surface area contributed by atoms with Gasteiger partial charge in [0.15, 0.2) is 0 Å². The van der Waals surface area contributed by atoms with E-state index in [1.165, 1.54) is 38.3 Å². The maximum Gasteiger partial charge on any atom is 0.125 e. The molecule has 0 atom stereocenters. The first-order chi connectivity index (χ1) is 20.2. The number of carboxylic acids is 2. The van der Waals surface area contributed by atoms with E-state index in [9.17, 15) is 19.8 Å². The summed E-state index contributed by atoms with van der Waals surface area (Å²) in [7, 11) is 0. The monoisotopic (exact) mass is 640 g/mol. The normalized spacial score (nSPS) is 11.0. The van der Waals surface area contributed by atoms with Crippen LogP contribution in [0.25, 0.3) is 0 Å². The van der Waals surface area contributed by atoms with E-state index in [0.29, 0.717) is 11.4 Å². The molecular weight excluding hydrogens is 592 g/mol. The number of anilines is 4. The van der Waals surface area contributed by atoms with E-state index in [-0.39, 0.29) is 33.0 Å². The lowest BCUT2D eigenvalue weighted by molar-refractivity contribution is -0.787. The number of hydrogen-bond donors (Lipinski definition) is 4. The molecule has 14 N–H and O–H groups in total. The predicted octanol–water partition coefficient (Wildman–Crippen LogP) is -1.35. The summed E-state index contributed by atoms with van der Waals surface area (Å²) in [6.07, 6.45) is 0. The fourth-order valence-electron chi connectivity index (χ4n) is 4.36. The first kappa shape index (κ1) is 43.3. The number of para-hydroxylation sites is 2. The number of carbonyl (C=O) groups excluding carboxylic acids is 2. The van der Waals surface area contributed by atoms with Crippen molar-refractivity contribution < 1.29 is 52.3 Å². The number of hydrogen-bond acceptors (Lipinski definition) is 6. The van der Waals surface area contributed by atoms with E-state index >= 15 is 0 Å². The van der Waals surface area contributed by atoms with Crippen molar-refractivity contribution in [3.8, 4) is 0 Å². The Morgan fingerprint density at radius 3 is 1.11 bits per heavy atom. The molecule has 12 heteroatoms. The molecule has 0 spiro atoms. The summed E-state index contributed by atoms with van der Waals surface area (Å²) >= 11 is 0. The molecule has 252 valence electrons. The van der Waals surface area contributed by atoms with Gasteiger partial charge in [0, 0.05) is 33.9 Å². The van der Waals surface area contributed by atoms with E-state index < -0.39 is 11.9 Å². The third-order valence-corrected chi connectivity index (χ3v) is 7.19. The fourth-order valence-corrected chi connectivity index (χ4v) is 4.36. The minimum absolute atomic E-state index is 0. The Labute approximate surface area is 269 Å². The quantitative estimate of drug-likeness (QED) is 0.198. The number of piperazine rings is 1. The van der Waals surface area contributed by atoms with Crippen molar-refractivity contribution in [1.82, 2.24) is 0 Å². The summed E-state index contributed by atoms with van der Waals surface area (Å²) in [5.41, 5.74) is 7.76. The lowest BCUT2D eigenvalue weighted by Crippen LogP contribution is -3.04. The van der Waals surface area contributed by atoms with Crippen LogP contribution in [0.15, 0.2) is 84.9 Å². The molecule has 1 fully saturated rings. The van der Waals surface area contributed by atoms with Crippen LogP contribution in [0.2, 0.25) is 0 Å². The van der Waals surface area contributed by atoms with Crippen molar-refractivity contribution in [3.05, 3.63) is 118 Å². The number of nitrogens with two attached hydrogens (primary N) is 2. The molecule has 46 heavy (non-hydrogen) atoms. The summed E-state index contributed by atoms with van der Waals surface area (Å²) in [5, 5.41) is 33.0. The molecule has 0 amide bonds. The summed E-state index contributed by atoms with van der Waals surface area (Å²) in [6, 6.07) is 25.2. The molecular formula is C34H48N4O8. The Bertz CT molecular complexity index is 1390. The molecule has 4 aromatic rings. The Morgan fingerprint density at radius 2 is 0.804 bits per heavy atom. The van der Waals surface area contributed by atoms with Crippen molar-refractivity contribution in [2.24, 2.45) is 0 Å². The SMILES string of the molecule is C1C[NH2+]CC[NH2+]1.Cc1cccc(Nc2ccccc2C(=O)[O-])c1C.Cc1cccc(Nc2ccccc2C(=O)[O-])c1C.O.O.O.O. The van der Waals surface area contributed by atoms with E-state index in [2.05, 4.69) is 21.3 Å². The number of carboxylic acid groups (broad SMARTS) is 2. The van der Waals surface area contributed by atoms with Crippen LogP contribution < -0.4 is 31.5 Å². The number of nitrogens with one attached hydrogen (secondary N) is 2. The Morgan fingerprint density at radius 1 is 0.500 bits per heavy atom. The van der Waals surface area contributed by atoms with E-state index in [0.717, 1.165) is 33.6 Å². The zero-order chi connectivity index (χ0) is 30.5. The number of carbonyl (C=O) groups is 2. The van der Waals surface area contributed by atoms with Crippen LogP contribution in [0.4, 0.5) is 22.7 Å². The minimum Gasteiger partial charge on any atom is -0.545 e. The van der Waals surface area contributed by atoms with E-state index in [1.807, 2.05) is 64.1 Å². The van der Waals surface area contributed by atoms with Crippen LogP contribution in [0.5, 0.6) is 0 Å². The van der Waals surface area contributed by atoms with Crippen molar-refractivity contribution in [3.63, 3.8) is 0 Å². The van der Waals surface area contributed by atoms with Crippen LogP contribution >= 0.6 is 0 Å². The van der Waals surface area contributed by atoms with Gasteiger partial charge >= 0.3 is 0 Å². The van der Waals surface area contributed by atoms with Crippen molar-refractivity contribution in [2.75, 3.05) is 36.8 Å². The van der Waals surface area contributed by atoms with Gasteiger partial charge in [-0.25, -0.2) is 0 Å². The first-order valence-electron chi connectivity index (χ1n) is 14.1. The molecule has 12 nitrogen and oxygen atoms in total. The third kappa shape index (κ3) is 12.7. The molecule has 1 heterocycles. The molecule has 1 aliphatic heterocycles. The van der Waals surface area contributed by atoms with Crippen LogP contribution in [0, 0.1) is 27.7 Å². The van der Waals surface area contributed by atoms with Gasteiger partial charge in [0.25, 0.3) is 0 Å². The number of quaternary nitrogens is 2. The van der Waals surface area contributed by atoms with Gasteiger partial charge in [0.2, 0.25) is 0 Å². The third-order valence-electron chi connectivity index (χ3n) is 7.19. The second-order valence-electron chi connectivity index (χ2n) is 10.1. The average Bonchev–Trinajstić information content (AvgIpc) is 3.00. The largest absolute Gasteiger partial charge is 0.545 e. The zero-order valence-electron chi connectivity index (χ0n) is 26.7. The molecule has 5 rings (SSSR count). The molecule has 4 aromatic carbocycles. The highest BCUT2D eigenvalue weighted by Crippen LogP contribution is 2.26. The molecule has 0 unspecified atom stereocenters. The highest BCUT2D eigenvalue weighted by molar-refractivity contribution is 5.94. The molecule has 0 radical (unpaired) electrons. The number of rotatable bonds is 6. The smallest absolute Gasteiger partial charge is 0.125 e. The topological polar surface area (TPSA) is 264 Å². The average molecular weight is 641 g/mol. The summed E-state index contributed by atoms with van der Waals surface area (Å²) in [5.74, 6) is -2.35.